The van der Waals surface area contributed by atoms with Gasteiger partial charge in [-0.25, -0.2) is 13.1 Å². The van der Waals surface area contributed by atoms with Gasteiger partial charge in [-0.15, -0.1) is 0 Å². The molecule has 2 aromatic carbocycles. The molecule has 0 saturated heterocycles. The lowest BCUT2D eigenvalue weighted by atomic mass is 10.0. The van der Waals surface area contributed by atoms with Crippen LogP contribution in [0.4, 0.5) is 0 Å². The number of ether oxygens (including phenoxy) is 2. The van der Waals surface area contributed by atoms with Gasteiger partial charge in [0.05, 0.1) is 19.8 Å². The van der Waals surface area contributed by atoms with Crippen molar-refractivity contribution in [3.05, 3.63) is 42.0 Å². The summed E-state index contributed by atoms with van der Waals surface area (Å²) in [6, 6.07) is 9.94. The zero-order chi connectivity index (χ0) is 15.9. The summed E-state index contributed by atoms with van der Waals surface area (Å²) >= 11 is 0. The van der Waals surface area contributed by atoms with Gasteiger partial charge in [0.2, 0.25) is 0 Å². The molecule has 0 atom stereocenters. The molecule has 1 heterocycles. The average molecular weight is 319 g/mol. The molecule has 0 spiro atoms. The number of hydrogen-bond donors (Lipinski definition) is 1. The van der Waals surface area contributed by atoms with Crippen molar-refractivity contribution in [1.29, 1.82) is 0 Å². The van der Waals surface area contributed by atoms with Gasteiger partial charge in [-0.05, 0) is 23.8 Å². The van der Waals surface area contributed by atoms with Gasteiger partial charge in [-0.3, -0.25) is 4.79 Å². The van der Waals surface area contributed by atoms with Crippen LogP contribution in [0.15, 0.2) is 41.3 Å². The Morgan fingerprint density at radius 3 is 2.45 bits per heavy atom. The molecule has 0 fully saturated rings. The largest absolute Gasteiger partial charge is 0.493 e. The maximum atomic E-state index is 11.8. The van der Waals surface area contributed by atoms with E-state index in [1.165, 1.54) is 26.4 Å². The first-order valence-electron chi connectivity index (χ1n) is 6.40. The number of hydrogen-bond acceptors (Lipinski definition) is 5. The zero-order valence-corrected chi connectivity index (χ0v) is 12.7. The molecule has 0 unspecified atom stereocenters. The molecule has 0 aliphatic carbocycles. The maximum Gasteiger partial charge on any atom is 0.266 e. The molecule has 1 N–H and O–H groups in total. The Bertz CT molecular complexity index is 873. The minimum absolute atomic E-state index is 0.0110. The maximum absolute atomic E-state index is 11.8. The molecule has 1 aliphatic rings. The number of sulfonamides is 1. The summed E-state index contributed by atoms with van der Waals surface area (Å²) in [6.07, 6.45) is 0. The van der Waals surface area contributed by atoms with Gasteiger partial charge in [0, 0.05) is 5.56 Å². The third-order valence-corrected chi connectivity index (χ3v) is 4.84. The number of carbonyl (C=O) groups is 1. The van der Waals surface area contributed by atoms with Crippen LogP contribution in [0.3, 0.4) is 0 Å². The molecule has 1 aliphatic heterocycles. The Morgan fingerprint density at radius 1 is 1.00 bits per heavy atom. The second-order valence-electron chi connectivity index (χ2n) is 4.69. The highest BCUT2D eigenvalue weighted by Crippen LogP contribution is 2.39. The summed E-state index contributed by atoms with van der Waals surface area (Å²) in [4.78, 5) is 11.8. The number of para-hydroxylation sites is 1. The van der Waals surface area contributed by atoms with E-state index in [0.717, 1.165) is 0 Å². The van der Waals surface area contributed by atoms with E-state index >= 15 is 0 Å². The Hall–Kier alpha value is -2.54. The number of nitrogens with one attached hydrogen (secondary N) is 1. The van der Waals surface area contributed by atoms with E-state index in [9.17, 15) is 13.2 Å². The molecule has 22 heavy (non-hydrogen) atoms. The van der Waals surface area contributed by atoms with Crippen LogP contribution in [-0.2, 0) is 10.0 Å². The first kappa shape index (κ1) is 14.4. The quantitative estimate of drug-likeness (QED) is 0.933. The van der Waals surface area contributed by atoms with Crippen LogP contribution >= 0.6 is 0 Å². The summed E-state index contributed by atoms with van der Waals surface area (Å²) in [7, 11) is -0.686. The van der Waals surface area contributed by atoms with E-state index in [1.807, 2.05) is 10.8 Å². The second kappa shape index (κ2) is 5.03. The van der Waals surface area contributed by atoms with Crippen LogP contribution in [0.5, 0.6) is 11.5 Å². The van der Waals surface area contributed by atoms with Crippen molar-refractivity contribution in [2.45, 2.75) is 4.90 Å². The van der Waals surface area contributed by atoms with Crippen LogP contribution in [-0.4, -0.2) is 28.5 Å². The van der Waals surface area contributed by atoms with E-state index < -0.39 is 15.9 Å². The second-order valence-corrected chi connectivity index (χ2v) is 6.34. The molecule has 0 bridgehead atoms. The highest BCUT2D eigenvalue weighted by Gasteiger charge is 2.32. The molecule has 7 heteroatoms. The van der Waals surface area contributed by atoms with Crippen molar-refractivity contribution < 1.29 is 22.7 Å². The Morgan fingerprint density at radius 2 is 1.77 bits per heavy atom. The van der Waals surface area contributed by atoms with Gasteiger partial charge in [0.15, 0.2) is 11.5 Å². The molecule has 3 rings (SSSR count). The summed E-state index contributed by atoms with van der Waals surface area (Å²) < 4.78 is 36.1. The van der Waals surface area contributed by atoms with Crippen LogP contribution in [0.1, 0.15) is 10.4 Å². The van der Waals surface area contributed by atoms with Crippen LogP contribution < -0.4 is 14.2 Å². The average Bonchev–Trinajstić information content (AvgIpc) is 2.75. The number of methoxy groups -OCH3 is 2. The molecular weight excluding hydrogens is 306 g/mol. The number of rotatable bonds is 3. The van der Waals surface area contributed by atoms with Crippen molar-refractivity contribution in [3.63, 3.8) is 0 Å². The van der Waals surface area contributed by atoms with Crippen molar-refractivity contribution in [2.75, 3.05) is 14.2 Å². The van der Waals surface area contributed by atoms with Crippen molar-refractivity contribution in [3.8, 4) is 22.6 Å². The minimum Gasteiger partial charge on any atom is -0.493 e. The predicted octanol–water partition coefficient (Wildman–Crippen LogP) is 1.80. The molecule has 0 aromatic heterocycles. The zero-order valence-electron chi connectivity index (χ0n) is 11.9. The minimum atomic E-state index is -3.74. The highest BCUT2D eigenvalue weighted by molar-refractivity contribution is 7.90. The Labute approximate surface area is 127 Å². The van der Waals surface area contributed by atoms with E-state index in [1.54, 1.807) is 18.2 Å². The van der Waals surface area contributed by atoms with Crippen molar-refractivity contribution in [1.82, 2.24) is 4.72 Å². The molecule has 2 aromatic rings. The van der Waals surface area contributed by atoms with E-state index in [2.05, 4.69) is 0 Å². The predicted molar refractivity (Wildman–Crippen MR) is 79.6 cm³/mol. The fourth-order valence-corrected chi connectivity index (χ4v) is 3.61. The van der Waals surface area contributed by atoms with Gasteiger partial charge < -0.3 is 9.47 Å². The molecule has 0 radical (unpaired) electrons. The summed E-state index contributed by atoms with van der Waals surface area (Å²) in [5, 5.41) is 0. The molecule has 6 nitrogen and oxygen atoms in total. The normalized spacial score (nSPS) is 15.1. The van der Waals surface area contributed by atoms with E-state index in [0.29, 0.717) is 22.6 Å². The smallest absolute Gasteiger partial charge is 0.266 e. The van der Waals surface area contributed by atoms with Gasteiger partial charge in [-0.1, -0.05) is 18.2 Å². The first-order chi connectivity index (χ1) is 10.5. The lowest BCUT2D eigenvalue weighted by Crippen LogP contribution is -2.20. The molecule has 1 amide bonds. The summed E-state index contributed by atoms with van der Waals surface area (Å²) in [5.41, 5.74) is 1.51. The summed E-state index contributed by atoms with van der Waals surface area (Å²) in [6.45, 7) is 0. The fraction of sp³-hybridized carbons (Fsp3) is 0.133. The third kappa shape index (κ3) is 2.10. The lowest BCUT2D eigenvalue weighted by molar-refractivity contribution is 0.0985. The summed E-state index contributed by atoms with van der Waals surface area (Å²) in [5.74, 6) is 0.447. The Balaban J connectivity index is 2.20. The van der Waals surface area contributed by atoms with E-state index in [4.69, 9.17) is 9.47 Å². The third-order valence-electron chi connectivity index (χ3n) is 3.45. The SMILES string of the molecule is COc1cccc(-c2ccc3c(c2)C(=O)NS3(=O)=O)c1OC. The van der Waals surface area contributed by atoms with Gasteiger partial charge in [0.25, 0.3) is 15.9 Å². The highest BCUT2D eigenvalue weighted by atomic mass is 32.2. The standard InChI is InChI=1S/C15H13NO5S/c1-20-12-5-3-4-10(14(12)21-2)9-6-7-13-11(8-9)15(17)16-22(13,18)19/h3-8H,1-2H3,(H,16,17). The van der Waals surface area contributed by atoms with Crippen LogP contribution in [0.2, 0.25) is 0 Å². The molecular formula is C15H13NO5S. The van der Waals surface area contributed by atoms with Gasteiger partial charge >= 0.3 is 0 Å². The van der Waals surface area contributed by atoms with Crippen molar-refractivity contribution in [2.24, 2.45) is 0 Å². The van der Waals surface area contributed by atoms with Crippen LogP contribution in [0, 0.1) is 0 Å². The molecule has 114 valence electrons. The first-order valence-corrected chi connectivity index (χ1v) is 7.89. The van der Waals surface area contributed by atoms with E-state index in [-0.39, 0.29) is 10.5 Å². The number of amides is 1. The lowest BCUT2D eigenvalue weighted by Gasteiger charge is -2.13. The topological polar surface area (TPSA) is 81.7 Å². The van der Waals surface area contributed by atoms with Crippen molar-refractivity contribution >= 4 is 15.9 Å². The van der Waals surface area contributed by atoms with Gasteiger partial charge in [0.1, 0.15) is 4.90 Å². The fourth-order valence-electron chi connectivity index (χ4n) is 2.46. The monoisotopic (exact) mass is 319 g/mol. The van der Waals surface area contributed by atoms with Gasteiger partial charge in [-0.2, -0.15) is 0 Å². The molecule has 0 saturated carbocycles. The Kier molecular flexibility index (Phi) is 3.29. The van der Waals surface area contributed by atoms with Crippen LogP contribution in [0.25, 0.3) is 11.1 Å². The number of benzene rings is 2. The number of carbonyl (C=O) groups excluding carboxylic acids is 1. The number of fused-ring (bicyclic) bond motifs is 1.